The highest BCUT2D eigenvalue weighted by molar-refractivity contribution is 6.55. The van der Waals surface area contributed by atoms with E-state index in [2.05, 4.69) is 13.8 Å². The van der Waals surface area contributed by atoms with E-state index in [9.17, 15) is 4.79 Å². The molecule has 32 heavy (non-hydrogen) atoms. The van der Waals surface area contributed by atoms with Gasteiger partial charge in [0.25, 0.3) is 0 Å². The number of hydrogen-bond acceptors (Lipinski definition) is 1. The molecule has 0 aromatic rings. The molecule has 5 aliphatic rings. The number of rotatable bonds is 3. The summed E-state index contributed by atoms with van der Waals surface area (Å²) < 4.78 is -0.825. The number of carbonyl (C=O) groups is 1. The molecule has 0 heterocycles. The Morgan fingerprint density at radius 1 is 0.656 bits per heavy atom. The fourth-order valence-corrected chi connectivity index (χ4v) is 10.4. The first-order valence-electron chi connectivity index (χ1n) is 14.3. The Bertz CT molecular complexity index is 667. The third-order valence-corrected chi connectivity index (χ3v) is 13.1. The van der Waals surface area contributed by atoms with Crippen LogP contribution in [0.1, 0.15) is 123 Å². The number of carbonyl (C=O) groups excluding carboxylic acids is 1. The molecular weight excluding hydrogens is 435 g/mol. The van der Waals surface area contributed by atoms with Gasteiger partial charge in [0, 0.05) is 0 Å². The third kappa shape index (κ3) is 3.65. The Morgan fingerprint density at radius 3 is 1.41 bits per heavy atom. The molecule has 5 aliphatic carbocycles. The molecule has 0 N–H and O–H groups in total. The number of Topliss-reactive ketones (excluding diaryl/α,β-unsaturated/α-hetero) is 1. The van der Waals surface area contributed by atoms with Crippen LogP contribution in [0.4, 0.5) is 0 Å². The summed E-state index contributed by atoms with van der Waals surface area (Å²) in [6.45, 7) is 4.75. The molecule has 182 valence electrons. The van der Waals surface area contributed by atoms with Gasteiger partial charge in [-0.15, -0.1) is 0 Å². The molecule has 0 bridgehead atoms. The molecule has 5 fully saturated rings. The SMILES string of the molecule is CC[C@H]1CC[C@H](C2CCC3(CC2)C(=O)C2(CCC([C@H]4CC[C@H](C)CC4)CC2)C3(Cl)Cl)CC1. The molecule has 0 saturated heterocycles. The van der Waals surface area contributed by atoms with E-state index in [-0.39, 0.29) is 0 Å². The van der Waals surface area contributed by atoms with Gasteiger partial charge in [0.05, 0.1) is 10.8 Å². The van der Waals surface area contributed by atoms with E-state index in [1.54, 1.807) is 0 Å². The molecule has 0 radical (unpaired) electrons. The summed E-state index contributed by atoms with van der Waals surface area (Å²) in [5, 5.41) is 0. The van der Waals surface area contributed by atoms with E-state index < -0.39 is 15.2 Å². The Morgan fingerprint density at radius 2 is 1.03 bits per heavy atom. The quantitative estimate of drug-likeness (QED) is 0.367. The zero-order valence-corrected chi connectivity index (χ0v) is 22.2. The average molecular weight is 482 g/mol. The lowest BCUT2D eigenvalue weighted by Gasteiger charge is -2.67. The van der Waals surface area contributed by atoms with Gasteiger partial charge in [-0.3, -0.25) is 4.79 Å². The van der Waals surface area contributed by atoms with E-state index in [1.165, 1.54) is 83.5 Å². The van der Waals surface area contributed by atoms with Crippen molar-refractivity contribution in [1.29, 1.82) is 0 Å². The van der Waals surface area contributed by atoms with Crippen molar-refractivity contribution in [3.05, 3.63) is 0 Å². The Balaban J connectivity index is 1.18. The van der Waals surface area contributed by atoms with Crippen molar-refractivity contribution in [3.63, 3.8) is 0 Å². The number of halogens is 2. The number of alkyl halides is 2. The predicted octanol–water partition coefficient (Wildman–Crippen LogP) is 9.14. The maximum absolute atomic E-state index is 13.9. The first kappa shape index (κ1) is 24.0. The molecule has 1 nitrogen and oxygen atoms in total. The summed E-state index contributed by atoms with van der Waals surface area (Å²) in [5.41, 5.74) is -0.860. The van der Waals surface area contributed by atoms with Gasteiger partial charge in [0.1, 0.15) is 4.33 Å². The van der Waals surface area contributed by atoms with Crippen molar-refractivity contribution in [2.24, 2.45) is 46.3 Å². The van der Waals surface area contributed by atoms with Gasteiger partial charge in [0.2, 0.25) is 0 Å². The Kier molecular flexibility index (Phi) is 6.77. The van der Waals surface area contributed by atoms with Crippen LogP contribution in [-0.2, 0) is 4.79 Å². The van der Waals surface area contributed by atoms with E-state index in [0.29, 0.717) is 5.78 Å². The molecular formula is C29H46Cl2O. The summed E-state index contributed by atoms with van der Waals surface area (Å²) in [7, 11) is 0. The standard InChI is InChI=1S/C29H46Cl2O/c1-3-21-6-10-23(11-7-21)25-14-18-28(19-15-25)26(32)27(29(28,30)31)16-12-24(13-17-27)22-8-4-20(2)5-9-22/h20-25H,3-19H2,1-2H3/t20-,21-,22-,23-,24?,25?,27?,28?. The van der Waals surface area contributed by atoms with E-state index in [4.69, 9.17) is 23.2 Å². The fraction of sp³-hybridized carbons (Fsp3) is 0.966. The largest absolute Gasteiger partial charge is 0.298 e. The molecule has 0 aliphatic heterocycles. The minimum atomic E-state index is -0.825. The topological polar surface area (TPSA) is 17.1 Å². The third-order valence-electron chi connectivity index (χ3n) is 11.7. The van der Waals surface area contributed by atoms with Gasteiger partial charge in [-0.2, -0.15) is 0 Å². The Labute approximate surface area is 207 Å². The first-order valence-corrected chi connectivity index (χ1v) is 15.0. The zero-order valence-electron chi connectivity index (χ0n) is 20.6. The molecule has 0 unspecified atom stereocenters. The lowest BCUT2D eigenvalue weighted by atomic mass is 9.41. The van der Waals surface area contributed by atoms with Crippen LogP contribution in [0, 0.1) is 46.3 Å². The van der Waals surface area contributed by atoms with Gasteiger partial charge >= 0.3 is 0 Å². The maximum Gasteiger partial charge on any atom is 0.151 e. The van der Waals surface area contributed by atoms with Crippen molar-refractivity contribution in [2.45, 2.75) is 127 Å². The lowest BCUT2D eigenvalue weighted by molar-refractivity contribution is -0.173. The highest BCUT2D eigenvalue weighted by Gasteiger charge is 2.79. The van der Waals surface area contributed by atoms with E-state index in [0.717, 1.165) is 61.2 Å². The van der Waals surface area contributed by atoms with Crippen molar-refractivity contribution >= 4 is 29.0 Å². The number of hydrogen-bond donors (Lipinski definition) is 0. The van der Waals surface area contributed by atoms with Crippen molar-refractivity contribution in [1.82, 2.24) is 0 Å². The Hall–Kier alpha value is 0.250. The molecule has 2 spiro atoms. The van der Waals surface area contributed by atoms with Crippen LogP contribution in [0.2, 0.25) is 0 Å². The van der Waals surface area contributed by atoms with Crippen LogP contribution >= 0.6 is 23.2 Å². The minimum absolute atomic E-state index is 0.430. The van der Waals surface area contributed by atoms with Crippen LogP contribution in [0.15, 0.2) is 0 Å². The summed E-state index contributed by atoms with van der Waals surface area (Å²) in [6, 6.07) is 0. The average Bonchev–Trinajstić information content (AvgIpc) is 2.84. The van der Waals surface area contributed by atoms with E-state index >= 15 is 0 Å². The maximum atomic E-state index is 13.9. The van der Waals surface area contributed by atoms with Gasteiger partial charge in [-0.05, 0) is 113 Å². The smallest absolute Gasteiger partial charge is 0.151 e. The molecule has 0 atom stereocenters. The van der Waals surface area contributed by atoms with Gasteiger partial charge < -0.3 is 0 Å². The van der Waals surface area contributed by atoms with Gasteiger partial charge in [-0.1, -0.05) is 69.2 Å². The van der Waals surface area contributed by atoms with Gasteiger partial charge in [-0.25, -0.2) is 0 Å². The van der Waals surface area contributed by atoms with Crippen LogP contribution in [0.5, 0.6) is 0 Å². The van der Waals surface area contributed by atoms with E-state index in [1.807, 2.05) is 0 Å². The molecule has 3 heteroatoms. The number of ketones is 1. The molecule has 5 saturated carbocycles. The molecule has 5 rings (SSSR count). The fourth-order valence-electron chi connectivity index (χ4n) is 9.25. The van der Waals surface area contributed by atoms with Crippen LogP contribution in [0.25, 0.3) is 0 Å². The second kappa shape index (κ2) is 9.04. The highest BCUT2D eigenvalue weighted by Crippen LogP contribution is 2.75. The lowest BCUT2D eigenvalue weighted by Crippen LogP contribution is -2.74. The van der Waals surface area contributed by atoms with Crippen molar-refractivity contribution in [2.75, 3.05) is 0 Å². The van der Waals surface area contributed by atoms with Crippen molar-refractivity contribution in [3.8, 4) is 0 Å². The summed E-state index contributed by atoms with van der Waals surface area (Å²) in [6.07, 6.45) is 21.0. The second-order valence-electron chi connectivity index (χ2n) is 13.0. The second-order valence-corrected chi connectivity index (χ2v) is 14.3. The predicted molar refractivity (Wildman–Crippen MR) is 135 cm³/mol. The summed E-state index contributed by atoms with van der Waals surface area (Å²) >= 11 is 14.5. The zero-order chi connectivity index (χ0) is 22.6. The van der Waals surface area contributed by atoms with Crippen LogP contribution < -0.4 is 0 Å². The van der Waals surface area contributed by atoms with Crippen molar-refractivity contribution < 1.29 is 4.79 Å². The van der Waals surface area contributed by atoms with Gasteiger partial charge in [0.15, 0.2) is 5.78 Å². The molecule has 0 aromatic heterocycles. The molecule has 0 amide bonds. The summed E-state index contributed by atoms with van der Waals surface area (Å²) in [5.74, 6) is 5.70. The minimum Gasteiger partial charge on any atom is -0.298 e. The van der Waals surface area contributed by atoms with Crippen LogP contribution in [0.3, 0.4) is 0 Å². The monoisotopic (exact) mass is 480 g/mol. The normalized spacial score (nSPS) is 49.2. The summed E-state index contributed by atoms with van der Waals surface area (Å²) in [4.78, 5) is 13.9. The first-order chi connectivity index (χ1) is 15.3. The van der Waals surface area contributed by atoms with Crippen LogP contribution in [-0.4, -0.2) is 10.1 Å². The highest BCUT2D eigenvalue weighted by atomic mass is 35.5. The molecule has 0 aromatic carbocycles.